The highest BCUT2D eigenvalue weighted by atomic mass is 16.2. The Labute approximate surface area is 187 Å². The molecule has 1 aliphatic carbocycles. The first kappa shape index (κ1) is 20.3. The van der Waals surface area contributed by atoms with Crippen LogP contribution in [0.1, 0.15) is 17.5 Å². The van der Waals surface area contributed by atoms with Crippen molar-refractivity contribution in [2.45, 2.75) is 13.0 Å². The second kappa shape index (κ2) is 8.85. The molecule has 2 aliphatic heterocycles. The number of hydrogen-bond acceptors (Lipinski definition) is 4. The summed E-state index contributed by atoms with van der Waals surface area (Å²) in [7, 11) is 0. The summed E-state index contributed by atoms with van der Waals surface area (Å²) in [6.45, 7) is 2.57. The lowest BCUT2D eigenvalue weighted by atomic mass is 9.89. The Morgan fingerprint density at radius 2 is 1.84 bits per heavy atom. The van der Waals surface area contributed by atoms with Gasteiger partial charge in [0.1, 0.15) is 0 Å². The maximum absolute atomic E-state index is 12.8. The van der Waals surface area contributed by atoms with Crippen LogP contribution in [-0.2, 0) is 16.1 Å². The van der Waals surface area contributed by atoms with Crippen LogP contribution in [0.5, 0.6) is 0 Å². The predicted octanol–water partition coefficient (Wildman–Crippen LogP) is 4.59. The summed E-state index contributed by atoms with van der Waals surface area (Å²) >= 11 is 0. The van der Waals surface area contributed by atoms with E-state index in [0.717, 1.165) is 42.9 Å². The Balaban J connectivity index is 1.22. The molecule has 1 saturated heterocycles. The normalized spacial score (nSPS) is 22.3. The predicted molar refractivity (Wildman–Crippen MR) is 123 cm³/mol. The number of fused-ring (bicyclic) bond motifs is 1. The minimum Gasteiger partial charge on any atom is -0.326 e. The van der Waals surface area contributed by atoms with Gasteiger partial charge in [-0.25, -0.2) is 0 Å². The number of anilines is 1. The molecule has 0 aromatic heterocycles. The summed E-state index contributed by atoms with van der Waals surface area (Å²) < 4.78 is 0. The number of amides is 2. The Morgan fingerprint density at radius 3 is 2.66 bits per heavy atom. The summed E-state index contributed by atoms with van der Waals surface area (Å²) in [6.07, 6.45) is 8.37. The zero-order valence-electron chi connectivity index (χ0n) is 17.6. The molecule has 1 N–H and O–H groups in total. The Morgan fingerprint density at radius 1 is 1.03 bits per heavy atom. The summed E-state index contributed by atoms with van der Waals surface area (Å²) in [6, 6.07) is 17.9. The third kappa shape index (κ3) is 4.22. The lowest BCUT2D eigenvalue weighted by molar-refractivity contribution is -0.120. The maximum Gasteiger partial charge on any atom is 0.276 e. The van der Waals surface area contributed by atoms with Crippen molar-refractivity contribution in [2.75, 3.05) is 18.4 Å². The summed E-state index contributed by atoms with van der Waals surface area (Å²) in [5, 5.41) is 11.0. The van der Waals surface area contributed by atoms with Crippen molar-refractivity contribution < 1.29 is 9.59 Å². The van der Waals surface area contributed by atoms with E-state index in [1.165, 1.54) is 5.56 Å². The molecule has 2 atom stereocenters. The average Bonchev–Trinajstić information content (AvgIpc) is 3.30. The molecule has 6 heteroatoms. The highest BCUT2D eigenvalue weighted by Gasteiger charge is 2.29. The number of azo groups is 1. The molecular weight excluding hydrogens is 400 g/mol. The zero-order chi connectivity index (χ0) is 21.9. The van der Waals surface area contributed by atoms with Crippen molar-refractivity contribution >= 4 is 23.2 Å². The largest absolute Gasteiger partial charge is 0.326 e. The van der Waals surface area contributed by atoms with Gasteiger partial charge >= 0.3 is 0 Å². The van der Waals surface area contributed by atoms with E-state index in [0.29, 0.717) is 5.70 Å². The highest BCUT2D eigenvalue weighted by Crippen LogP contribution is 2.34. The van der Waals surface area contributed by atoms with Gasteiger partial charge in [0.15, 0.2) is 0 Å². The van der Waals surface area contributed by atoms with E-state index in [-0.39, 0.29) is 23.7 Å². The number of rotatable bonds is 5. The lowest BCUT2D eigenvalue weighted by Gasteiger charge is -2.19. The van der Waals surface area contributed by atoms with Crippen LogP contribution in [0.15, 0.2) is 94.7 Å². The molecule has 2 heterocycles. The van der Waals surface area contributed by atoms with E-state index >= 15 is 0 Å². The quantitative estimate of drug-likeness (QED) is 0.763. The summed E-state index contributed by atoms with van der Waals surface area (Å²) in [5.41, 5.74) is 4.44. The van der Waals surface area contributed by atoms with Crippen LogP contribution >= 0.6 is 0 Å². The van der Waals surface area contributed by atoms with Crippen LogP contribution in [0.2, 0.25) is 0 Å². The molecule has 0 bridgehead atoms. The summed E-state index contributed by atoms with van der Waals surface area (Å²) in [5.74, 6) is -0.570. The monoisotopic (exact) mass is 424 g/mol. The van der Waals surface area contributed by atoms with Gasteiger partial charge in [0.25, 0.3) is 5.91 Å². The van der Waals surface area contributed by atoms with E-state index in [1.54, 1.807) is 0 Å². The van der Waals surface area contributed by atoms with Crippen LogP contribution < -0.4 is 5.32 Å². The Kier molecular flexibility index (Phi) is 5.60. The molecule has 32 heavy (non-hydrogen) atoms. The zero-order valence-corrected chi connectivity index (χ0v) is 17.6. The summed E-state index contributed by atoms with van der Waals surface area (Å²) in [4.78, 5) is 27.1. The second-order valence-corrected chi connectivity index (χ2v) is 8.34. The second-order valence-electron chi connectivity index (χ2n) is 8.34. The third-order valence-corrected chi connectivity index (χ3v) is 6.13. The van der Waals surface area contributed by atoms with Crippen LogP contribution in [-0.4, -0.2) is 29.8 Å². The van der Waals surface area contributed by atoms with Gasteiger partial charge in [0.2, 0.25) is 5.91 Å². The lowest BCUT2D eigenvalue weighted by Crippen LogP contribution is -2.26. The van der Waals surface area contributed by atoms with Gasteiger partial charge in [-0.2, -0.15) is 0 Å². The van der Waals surface area contributed by atoms with Gasteiger partial charge in [-0.1, -0.05) is 66.8 Å². The molecule has 0 spiro atoms. The molecule has 3 aliphatic rings. The molecule has 160 valence electrons. The number of nitrogens with one attached hydrogen (secondary N) is 1. The fraction of sp³-hybridized carbons (Fsp3) is 0.231. The van der Waals surface area contributed by atoms with E-state index in [2.05, 4.69) is 32.6 Å². The van der Waals surface area contributed by atoms with E-state index in [9.17, 15) is 9.59 Å². The smallest absolute Gasteiger partial charge is 0.276 e. The highest BCUT2D eigenvalue weighted by molar-refractivity contribution is 5.94. The average molecular weight is 425 g/mol. The molecular formula is C26H24N4O2. The van der Waals surface area contributed by atoms with Crippen molar-refractivity contribution in [3.63, 3.8) is 0 Å². The molecule has 0 saturated carbocycles. The number of carbonyl (C=O) groups is 2. The maximum atomic E-state index is 12.8. The fourth-order valence-corrected chi connectivity index (χ4v) is 4.41. The molecule has 2 aromatic carbocycles. The molecule has 0 radical (unpaired) electrons. The fourth-order valence-electron chi connectivity index (χ4n) is 4.41. The van der Waals surface area contributed by atoms with Gasteiger partial charge in [0, 0.05) is 24.3 Å². The SMILES string of the molecule is O=C(Nc1ccc(C2=C3C=CC=CC3C(=O)N=N2)cc1)C1CCN(Cc2ccccc2)C1. The molecule has 2 unspecified atom stereocenters. The number of hydrogen-bond donors (Lipinski definition) is 1. The van der Waals surface area contributed by atoms with Gasteiger partial charge in [-0.3, -0.25) is 14.5 Å². The number of carbonyl (C=O) groups excluding carboxylic acids is 2. The van der Waals surface area contributed by atoms with Gasteiger partial charge < -0.3 is 5.32 Å². The molecule has 5 rings (SSSR count). The number of nitrogens with zero attached hydrogens (tertiary/aromatic N) is 3. The van der Waals surface area contributed by atoms with E-state index < -0.39 is 0 Å². The van der Waals surface area contributed by atoms with Gasteiger partial charge in [-0.15, -0.1) is 10.2 Å². The van der Waals surface area contributed by atoms with Crippen molar-refractivity contribution in [2.24, 2.45) is 22.1 Å². The molecule has 6 nitrogen and oxygen atoms in total. The van der Waals surface area contributed by atoms with Crippen LogP contribution in [0.3, 0.4) is 0 Å². The number of likely N-dealkylation sites (tertiary alicyclic amines) is 1. The van der Waals surface area contributed by atoms with E-state index in [1.807, 2.05) is 66.8 Å². The first-order valence-electron chi connectivity index (χ1n) is 10.9. The molecule has 2 amide bonds. The Hall–Kier alpha value is -3.64. The third-order valence-electron chi connectivity index (χ3n) is 6.13. The molecule has 1 fully saturated rings. The van der Waals surface area contributed by atoms with Crippen molar-refractivity contribution in [3.05, 3.63) is 95.6 Å². The van der Waals surface area contributed by atoms with Gasteiger partial charge in [0.05, 0.1) is 17.5 Å². The van der Waals surface area contributed by atoms with Crippen molar-refractivity contribution in [1.29, 1.82) is 0 Å². The van der Waals surface area contributed by atoms with Crippen molar-refractivity contribution in [1.82, 2.24) is 4.90 Å². The standard InChI is InChI=1S/C26H24N4O2/c31-25(20-14-15-30(17-20)16-18-6-2-1-3-7-18)27-21-12-10-19(11-13-21)24-22-8-4-5-9-23(22)26(32)29-28-24/h1-13,20,23H,14-17H2,(H,27,31). The number of benzene rings is 2. The first-order valence-corrected chi connectivity index (χ1v) is 10.9. The van der Waals surface area contributed by atoms with E-state index in [4.69, 9.17) is 0 Å². The van der Waals surface area contributed by atoms with Crippen LogP contribution in [0.25, 0.3) is 5.70 Å². The van der Waals surface area contributed by atoms with Gasteiger partial charge in [-0.05, 0) is 36.2 Å². The Bertz CT molecular complexity index is 1150. The van der Waals surface area contributed by atoms with Crippen molar-refractivity contribution in [3.8, 4) is 0 Å². The minimum absolute atomic E-state index is 0.0126. The molecule has 2 aromatic rings. The van der Waals surface area contributed by atoms with Crippen LogP contribution in [0.4, 0.5) is 5.69 Å². The minimum atomic E-state index is -0.368. The topological polar surface area (TPSA) is 74.1 Å². The number of allylic oxidation sites excluding steroid dienone is 3. The van der Waals surface area contributed by atoms with Crippen LogP contribution in [0, 0.1) is 11.8 Å². The first-order chi connectivity index (χ1) is 15.7.